The SMILES string of the molecule is O=C1NCCN(c2ccccc2)C1CO. The Bertz CT molecular complexity index is 340. The minimum absolute atomic E-state index is 0.104. The van der Waals surface area contributed by atoms with Gasteiger partial charge in [-0.25, -0.2) is 0 Å². The van der Waals surface area contributed by atoms with E-state index in [0.717, 1.165) is 12.2 Å². The molecule has 0 radical (unpaired) electrons. The summed E-state index contributed by atoms with van der Waals surface area (Å²) in [6.07, 6.45) is 0. The van der Waals surface area contributed by atoms with Gasteiger partial charge in [-0.2, -0.15) is 0 Å². The highest BCUT2D eigenvalue weighted by molar-refractivity contribution is 5.86. The van der Waals surface area contributed by atoms with Gasteiger partial charge in [0.25, 0.3) is 0 Å². The standard InChI is InChI=1S/C11H14N2O2/c14-8-10-11(15)12-6-7-13(10)9-4-2-1-3-5-9/h1-5,10,14H,6-8H2,(H,12,15). The van der Waals surface area contributed by atoms with E-state index in [0.29, 0.717) is 6.54 Å². The molecule has 0 spiro atoms. The van der Waals surface area contributed by atoms with Crippen LogP contribution in [0.4, 0.5) is 5.69 Å². The lowest BCUT2D eigenvalue weighted by Gasteiger charge is -2.35. The fourth-order valence-corrected chi connectivity index (χ4v) is 1.82. The molecule has 1 aliphatic rings. The third-order valence-electron chi connectivity index (χ3n) is 2.59. The highest BCUT2D eigenvalue weighted by Crippen LogP contribution is 2.17. The Hall–Kier alpha value is -1.55. The van der Waals surface area contributed by atoms with Crippen molar-refractivity contribution in [3.05, 3.63) is 30.3 Å². The zero-order valence-corrected chi connectivity index (χ0v) is 8.39. The Morgan fingerprint density at radius 3 is 2.80 bits per heavy atom. The third-order valence-corrected chi connectivity index (χ3v) is 2.59. The molecule has 4 nitrogen and oxygen atoms in total. The molecule has 1 aliphatic heterocycles. The number of rotatable bonds is 2. The summed E-state index contributed by atoms with van der Waals surface area (Å²) in [4.78, 5) is 13.4. The summed E-state index contributed by atoms with van der Waals surface area (Å²) in [6, 6.07) is 9.22. The van der Waals surface area contributed by atoms with E-state index in [-0.39, 0.29) is 12.5 Å². The number of piperazine rings is 1. The molecule has 1 atom stereocenters. The molecule has 1 heterocycles. The maximum absolute atomic E-state index is 11.5. The monoisotopic (exact) mass is 206 g/mol. The van der Waals surface area contributed by atoms with E-state index in [1.54, 1.807) is 0 Å². The van der Waals surface area contributed by atoms with Gasteiger partial charge in [0.15, 0.2) is 0 Å². The number of hydrogen-bond donors (Lipinski definition) is 2. The van der Waals surface area contributed by atoms with E-state index in [4.69, 9.17) is 0 Å². The van der Waals surface area contributed by atoms with Gasteiger partial charge in [-0.1, -0.05) is 18.2 Å². The van der Waals surface area contributed by atoms with Crippen molar-refractivity contribution in [1.29, 1.82) is 0 Å². The summed E-state index contributed by atoms with van der Waals surface area (Å²) in [7, 11) is 0. The van der Waals surface area contributed by atoms with Crippen LogP contribution in [0.25, 0.3) is 0 Å². The Balaban J connectivity index is 2.23. The summed E-state index contributed by atoms with van der Waals surface area (Å²) >= 11 is 0. The lowest BCUT2D eigenvalue weighted by molar-refractivity contribution is -0.124. The summed E-state index contributed by atoms with van der Waals surface area (Å²) in [5.74, 6) is -0.104. The number of benzene rings is 1. The Kier molecular flexibility index (Phi) is 2.87. The highest BCUT2D eigenvalue weighted by Gasteiger charge is 2.28. The Labute approximate surface area is 88.5 Å². The zero-order valence-electron chi connectivity index (χ0n) is 8.39. The lowest BCUT2D eigenvalue weighted by Crippen LogP contribution is -2.57. The molecule has 80 valence electrons. The quantitative estimate of drug-likeness (QED) is 0.715. The number of anilines is 1. The van der Waals surface area contributed by atoms with Crippen molar-refractivity contribution in [1.82, 2.24) is 5.32 Å². The van der Waals surface area contributed by atoms with Gasteiger partial charge in [-0.3, -0.25) is 4.79 Å². The van der Waals surface area contributed by atoms with E-state index >= 15 is 0 Å². The molecule has 2 rings (SSSR count). The van der Waals surface area contributed by atoms with Crippen LogP contribution in [-0.2, 0) is 4.79 Å². The van der Waals surface area contributed by atoms with Crippen molar-refractivity contribution in [3.63, 3.8) is 0 Å². The largest absolute Gasteiger partial charge is 0.394 e. The van der Waals surface area contributed by atoms with Gasteiger partial charge in [0, 0.05) is 18.8 Å². The highest BCUT2D eigenvalue weighted by atomic mass is 16.3. The number of aliphatic hydroxyl groups is 1. The fraction of sp³-hybridized carbons (Fsp3) is 0.364. The molecule has 1 fully saturated rings. The average molecular weight is 206 g/mol. The minimum Gasteiger partial charge on any atom is -0.394 e. The number of para-hydroxylation sites is 1. The van der Waals surface area contributed by atoms with Gasteiger partial charge < -0.3 is 15.3 Å². The van der Waals surface area contributed by atoms with Gasteiger partial charge in [0.1, 0.15) is 6.04 Å². The number of amides is 1. The second-order valence-electron chi connectivity index (χ2n) is 3.52. The molecule has 1 unspecified atom stereocenters. The van der Waals surface area contributed by atoms with Crippen molar-refractivity contribution in [3.8, 4) is 0 Å². The molecule has 1 aromatic rings. The van der Waals surface area contributed by atoms with Crippen LogP contribution in [0.2, 0.25) is 0 Å². The molecule has 1 saturated heterocycles. The first-order valence-electron chi connectivity index (χ1n) is 5.03. The second kappa shape index (κ2) is 4.31. The molecule has 0 bridgehead atoms. The minimum atomic E-state index is -0.457. The van der Waals surface area contributed by atoms with Crippen molar-refractivity contribution < 1.29 is 9.90 Å². The van der Waals surface area contributed by atoms with E-state index in [9.17, 15) is 9.90 Å². The summed E-state index contributed by atoms with van der Waals surface area (Å²) < 4.78 is 0. The maximum Gasteiger partial charge on any atom is 0.245 e. The van der Waals surface area contributed by atoms with Crippen LogP contribution in [0.15, 0.2) is 30.3 Å². The van der Waals surface area contributed by atoms with Gasteiger partial charge in [-0.15, -0.1) is 0 Å². The van der Waals surface area contributed by atoms with Gasteiger partial charge >= 0.3 is 0 Å². The smallest absolute Gasteiger partial charge is 0.245 e. The molecule has 0 aliphatic carbocycles. The molecular formula is C11H14N2O2. The van der Waals surface area contributed by atoms with E-state index in [2.05, 4.69) is 5.32 Å². The van der Waals surface area contributed by atoms with Crippen LogP contribution in [-0.4, -0.2) is 36.8 Å². The number of aliphatic hydroxyl groups excluding tert-OH is 1. The second-order valence-corrected chi connectivity index (χ2v) is 3.52. The van der Waals surface area contributed by atoms with Crippen molar-refractivity contribution in [2.75, 3.05) is 24.6 Å². The van der Waals surface area contributed by atoms with Crippen LogP contribution >= 0.6 is 0 Å². The molecule has 4 heteroatoms. The Morgan fingerprint density at radius 1 is 1.40 bits per heavy atom. The van der Waals surface area contributed by atoms with Crippen LogP contribution < -0.4 is 10.2 Å². The predicted octanol–water partition coefficient (Wildman–Crippen LogP) is -0.0163. The van der Waals surface area contributed by atoms with Crippen molar-refractivity contribution in [2.24, 2.45) is 0 Å². The Morgan fingerprint density at radius 2 is 2.13 bits per heavy atom. The number of carbonyl (C=O) groups is 1. The topological polar surface area (TPSA) is 52.6 Å². The van der Waals surface area contributed by atoms with E-state index in [1.165, 1.54) is 0 Å². The molecular weight excluding hydrogens is 192 g/mol. The van der Waals surface area contributed by atoms with Crippen LogP contribution in [0.3, 0.4) is 0 Å². The van der Waals surface area contributed by atoms with Crippen LogP contribution in [0.1, 0.15) is 0 Å². The van der Waals surface area contributed by atoms with Gasteiger partial charge in [-0.05, 0) is 12.1 Å². The number of hydrogen-bond acceptors (Lipinski definition) is 3. The third kappa shape index (κ3) is 1.94. The predicted molar refractivity (Wildman–Crippen MR) is 57.7 cm³/mol. The van der Waals surface area contributed by atoms with Crippen molar-refractivity contribution >= 4 is 11.6 Å². The van der Waals surface area contributed by atoms with E-state index < -0.39 is 6.04 Å². The van der Waals surface area contributed by atoms with E-state index in [1.807, 2.05) is 35.2 Å². The van der Waals surface area contributed by atoms with Gasteiger partial charge in [0.2, 0.25) is 5.91 Å². The first-order chi connectivity index (χ1) is 7.33. The summed E-state index contributed by atoms with van der Waals surface area (Å²) in [6.45, 7) is 1.21. The number of nitrogens with one attached hydrogen (secondary N) is 1. The first-order valence-corrected chi connectivity index (χ1v) is 5.03. The number of nitrogens with zero attached hydrogens (tertiary/aromatic N) is 1. The maximum atomic E-state index is 11.5. The average Bonchev–Trinajstić information content (AvgIpc) is 2.30. The first kappa shape index (κ1) is 9.98. The molecule has 1 aromatic carbocycles. The van der Waals surface area contributed by atoms with Crippen LogP contribution in [0.5, 0.6) is 0 Å². The zero-order chi connectivity index (χ0) is 10.7. The molecule has 1 amide bonds. The molecule has 2 N–H and O–H groups in total. The summed E-state index contributed by atoms with van der Waals surface area (Å²) in [5.41, 5.74) is 0.978. The summed E-state index contributed by atoms with van der Waals surface area (Å²) in [5, 5.41) is 11.9. The lowest BCUT2D eigenvalue weighted by atomic mass is 10.1. The number of carbonyl (C=O) groups excluding carboxylic acids is 1. The fourth-order valence-electron chi connectivity index (χ4n) is 1.82. The van der Waals surface area contributed by atoms with Crippen molar-refractivity contribution in [2.45, 2.75) is 6.04 Å². The molecule has 15 heavy (non-hydrogen) atoms. The van der Waals surface area contributed by atoms with Crippen LogP contribution in [0, 0.1) is 0 Å². The molecule has 0 saturated carbocycles. The normalized spacial score (nSPS) is 21.3. The molecule has 0 aromatic heterocycles. The van der Waals surface area contributed by atoms with Gasteiger partial charge in [0.05, 0.1) is 6.61 Å².